The first kappa shape index (κ1) is 22.7. The number of halogens is 2. The standard InChI is InChI=1S/C20H27BrN6.HI/c1-22-20(24-13-15-5-4-11-23-19(15)26(2)3)25-17-10-12-27(14-17)18-8-6-16(21)7-9-18;/h4-9,11,17H,10,12-14H2,1-3H3,(H2,22,24,25);1H. The quantitative estimate of drug-likeness (QED) is 0.334. The maximum atomic E-state index is 4.45. The zero-order chi connectivity index (χ0) is 19.2. The Balaban J connectivity index is 0.00000280. The van der Waals surface area contributed by atoms with Crippen LogP contribution in [0.25, 0.3) is 0 Å². The molecule has 2 N–H and O–H groups in total. The van der Waals surface area contributed by atoms with Gasteiger partial charge in [-0.2, -0.15) is 0 Å². The summed E-state index contributed by atoms with van der Waals surface area (Å²) in [5, 5.41) is 6.97. The molecule has 1 atom stereocenters. The Kier molecular flexibility index (Phi) is 8.81. The summed E-state index contributed by atoms with van der Waals surface area (Å²) in [6.45, 7) is 2.70. The third-order valence-corrected chi connectivity index (χ3v) is 5.21. The van der Waals surface area contributed by atoms with Gasteiger partial charge in [-0.3, -0.25) is 4.99 Å². The van der Waals surface area contributed by atoms with Crippen molar-refractivity contribution >= 4 is 57.4 Å². The van der Waals surface area contributed by atoms with Gasteiger partial charge in [-0.1, -0.05) is 22.0 Å². The summed E-state index contributed by atoms with van der Waals surface area (Å²) in [7, 11) is 5.83. The van der Waals surface area contributed by atoms with Gasteiger partial charge in [0.1, 0.15) is 5.82 Å². The smallest absolute Gasteiger partial charge is 0.191 e. The molecule has 152 valence electrons. The number of benzene rings is 1. The second-order valence-electron chi connectivity index (χ2n) is 6.86. The van der Waals surface area contributed by atoms with Crippen LogP contribution in [0, 0.1) is 0 Å². The number of anilines is 2. The van der Waals surface area contributed by atoms with Crippen LogP contribution in [0.2, 0.25) is 0 Å². The summed E-state index contributed by atoms with van der Waals surface area (Å²) < 4.78 is 1.11. The molecule has 0 bridgehead atoms. The van der Waals surface area contributed by atoms with Gasteiger partial charge in [0.25, 0.3) is 0 Å². The molecule has 6 nitrogen and oxygen atoms in total. The van der Waals surface area contributed by atoms with Crippen LogP contribution >= 0.6 is 39.9 Å². The molecule has 28 heavy (non-hydrogen) atoms. The van der Waals surface area contributed by atoms with Crippen molar-refractivity contribution in [2.45, 2.75) is 19.0 Å². The van der Waals surface area contributed by atoms with Crippen molar-refractivity contribution < 1.29 is 0 Å². The Morgan fingerprint density at radius 3 is 2.71 bits per heavy atom. The number of nitrogens with zero attached hydrogens (tertiary/aromatic N) is 4. The molecule has 1 aliphatic heterocycles. The molecule has 0 radical (unpaired) electrons. The summed E-state index contributed by atoms with van der Waals surface area (Å²) in [6.07, 6.45) is 2.91. The van der Waals surface area contributed by atoms with Gasteiger partial charge >= 0.3 is 0 Å². The molecule has 0 aliphatic carbocycles. The third-order valence-electron chi connectivity index (χ3n) is 4.68. The van der Waals surface area contributed by atoms with Gasteiger partial charge in [-0.15, -0.1) is 24.0 Å². The van der Waals surface area contributed by atoms with E-state index in [0.717, 1.165) is 41.3 Å². The fourth-order valence-electron chi connectivity index (χ4n) is 3.30. The van der Waals surface area contributed by atoms with Crippen LogP contribution in [0.4, 0.5) is 11.5 Å². The monoisotopic (exact) mass is 558 g/mol. The molecule has 2 heterocycles. The van der Waals surface area contributed by atoms with Gasteiger partial charge in [-0.25, -0.2) is 4.98 Å². The molecule has 0 amide bonds. The Bertz CT molecular complexity index is 781. The van der Waals surface area contributed by atoms with E-state index in [9.17, 15) is 0 Å². The van der Waals surface area contributed by atoms with Crippen LogP contribution < -0.4 is 20.4 Å². The lowest BCUT2D eigenvalue weighted by molar-refractivity contribution is 0.648. The number of aliphatic imine (C=N–C) groups is 1. The molecule has 8 heteroatoms. The lowest BCUT2D eigenvalue weighted by Gasteiger charge is -2.21. The average molecular weight is 559 g/mol. The van der Waals surface area contributed by atoms with Crippen LogP contribution in [0.3, 0.4) is 0 Å². The first-order valence-electron chi connectivity index (χ1n) is 9.15. The van der Waals surface area contributed by atoms with Crippen LogP contribution in [-0.4, -0.2) is 51.2 Å². The van der Waals surface area contributed by atoms with Crippen LogP contribution in [0.1, 0.15) is 12.0 Å². The fourth-order valence-corrected chi connectivity index (χ4v) is 3.57. The molecule has 1 aliphatic rings. The zero-order valence-electron chi connectivity index (χ0n) is 16.5. The highest BCUT2D eigenvalue weighted by atomic mass is 127. The summed E-state index contributed by atoms with van der Waals surface area (Å²) in [5.74, 6) is 1.80. The first-order chi connectivity index (χ1) is 13.1. The lowest BCUT2D eigenvalue weighted by atomic mass is 10.2. The van der Waals surface area contributed by atoms with E-state index < -0.39 is 0 Å². The van der Waals surface area contributed by atoms with Crippen molar-refractivity contribution in [1.29, 1.82) is 0 Å². The molecule has 0 saturated carbocycles. The van der Waals surface area contributed by atoms with Crippen LogP contribution in [0.5, 0.6) is 0 Å². The Morgan fingerprint density at radius 2 is 2.04 bits per heavy atom. The van der Waals surface area contributed by atoms with Crippen LogP contribution in [-0.2, 0) is 6.54 Å². The van der Waals surface area contributed by atoms with Crippen molar-refractivity contribution in [3.63, 3.8) is 0 Å². The number of hydrogen-bond donors (Lipinski definition) is 2. The lowest BCUT2D eigenvalue weighted by Crippen LogP contribution is -2.44. The number of nitrogens with one attached hydrogen (secondary N) is 2. The topological polar surface area (TPSA) is 55.8 Å². The first-order valence-corrected chi connectivity index (χ1v) is 9.95. The predicted molar refractivity (Wildman–Crippen MR) is 132 cm³/mol. The van der Waals surface area contributed by atoms with E-state index in [0.29, 0.717) is 12.6 Å². The largest absolute Gasteiger partial charge is 0.369 e. The van der Waals surface area contributed by atoms with E-state index >= 15 is 0 Å². The maximum Gasteiger partial charge on any atom is 0.191 e. The van der Waals surface area contributed by atoms with Crippen LogP contribution in [0.15, 0.2) is 52.1 Å². The van der Waals surface area contributed by atoms with Gasteiger partial charge in [0.2, 0.25) is 0 Å². The highest BCUT2D eigenvalue weighted by molar-refractivity contribution is 14.0. The van der Waals surface area contributed by atoms with E-state index in [2.05, 4.69) is 71.8 Å². The third kappa shape index (κ3) is 5.97. The van der Waals surface area contributed by atoms with Gasteiger partial charge in [0.15, 0.2) is 5.96 Å². The van der Waals surface area contributed by atoms with E-state index in [4.69, 9.17) is 0 Å². The molecule has 1 aromatic carbocycles. The second kappa shape index (κ2) is 10.8. The number of rotatable bonds is 5. The number of hydrogen-bond acceptors (Lipinski definition) is 4. The Hall–Kier alpha value is -1.55. The van der Waals surface area contributed by atoms with Crippen molar-refractivity contribution in [3.05, 3.63) is 52.6 Å². The zero-order valence-corrected chi connectivity index (χ0v) is 20.4. The van der Waals surface area contributed by atoms with Crippen molar-refractivity contribution in [2.24, 2.45) is 4.99 Å². The Morgan fingerprint density at radius 1 is 1.29 bits per heavy atom. The van der Waals surface area contributed by atoms with E-state index in [1.54, 1.807) is 0 Å². The highest BCUT2D eigenvalue weighted by Gasteiger charge is 2.23. The average Bonchev–Trinajstić information content (AvgIpc) is 3.14. The number of aromatic nitrogens is 1. The normalized spacial score (nSPS) is 16.5. The molecule has 1 saturated heterocycles. The molecule has 1 fully saturated rings. The summed E-state index contributed by atoms with van der Waals surface area (Å²) in [4.78, 5) is 13.3. The van der Waals surface area contributed by atoms with Gasteiger partial charge in [0.05, 0.1) is 0 Å². The van der Waals surface area contributed by atoms with Gasteiger partial charge in [-0.05, 0) is 36.8 Å². The predicted octanol–water partition coefficient (Wildman–Crippen LogP) is 3.47. The minimum atomic E-state index is 0. The van der Waals surface area contributed by atoms with Gasteiger partial charge < -0.3 is 20.4 Å². The summed E-state index contributed by atoms with van der Waals surface area (Å²) in [5.41, 5.74) is 2.41. The van der Waals surface area contributed by atoms with E-state index in [-0.39, 0.29) is 24.0 Å². The van der Waals surface area contributed by atoms with E-state index in [1.807, 2.05) is 38.3 Å². The van der Waals surface area contributed by atoms with Crippen molar-refractivity contribution in [3.8, 4) is 0 Å². The SMILES string of the molecule is CN=C(NCc1cccnc1N(C)C)NC1CCN(c2ccc(Br)cc2)C1.I. The molecule has 0 spiro atoms. The molecule has 2 aromatic rings. The minimum Gasteiger partial charge on any atom is -0.369 e. The van der Waals surface area contributed by atoms with Gasteiger partial charge in [0, 0.05) is 68.7 Å². The number of pyridine rings is 1. The second-order valence-corrected chi connectivity index (χ2v) is 7.77. The van der Waals surface area contributed by atoms with E-state index in [1.165, 1.54) is 5.69 Å². The fraction of sp³-hybridized carbons (Fsp3) is 0.400. The molecule has 1 aromatic heterocycles. The molecule has 3 rings (SSSR count). The Labute approximate surface area is 193 Å². The molecular formula is C20H28BrIN6. The summed E-state index contributed by atoms with van der Waals surface area (Å²) in [6, 6.07) is 12.9. The number of guanidine groups is 1. The summed E-state index contributed by atoms with van der Waals surface area (Å²) >= 11 is 3.50. The molecular weight excluding hydrogens is 531 g/mol. The van der Waals surface area contributed by atoms with Crippen molar-refractivity contribution in [2.75, 3.05) is 44.0 Å². The molecule has 1 unspecified atom stereocenters. The maximum absolute atomic E-state index is 4.45. The minimum absolute atomic E-state index is 0. The highest BCUT2D eigenvalue weighted by Crippen LogP contribution is 2.22. The van der Waals surface area contributed by atoms with Crippen molar-refractivity contribution in [1.82, 2.24) is 15.6 Å².